The molecule has 0 atom stereocenters. The van der Waals surface area contributed by atoms with E-state index in [-0.39, 0.29) is 11.5 Å². The summed E-state index contributed by atoms with van der Waals surface area (Å²) in [5.74, 6) is 0.297. The van der Waals surface area contributed by atoms with Gasteiger partial charge in [0.25, 0.3) is 5.69 Å². The fourth-order valence-electron chi connectivity index (χ4n) is 2.15. The van der Waals surface area contributed by atoms with Crippen LogP contribution in [-0.2, 0) is 0 Å². The zero-order chi connectivity index (χ0) is 14.3. The van der Waals surface area contributed by atoms with E-state index in [1.54, 1.807) is 18.3 Å². The van der Waals surface area contributed by atoms with Crippen molar-refractivity contribution in [3.63, 3.8) is 0 Å². The maximum absolute atomic E-state index is 11.3. The van der Waals surface area contributed by atoms with Crippen molar-refractivity contribution in [2.45, 2.75) is 25.7 Å². The van der Waals surface area contributed by atoms with Crippen LogP contribution in [0.25, 0.3) is 5.69 Å². The summed E-state index contributed by atoms with van der Waals surface area (Å²) in [5.41, 5.74) is 1.57. The summed E-state index contributed by atoms with van der Waals surface area (Å²) in [6, 6.07) is 6.35. The van der Waals surface area contributed by atoms with E-state index < -0.39 is 4.92 Å². The van der Waals surface area contributed by atoms with Crippen LogP contribution in [0.4, 0.5) is 5.69 Å². The summed E-state index contributed by atoms with van der Waals surface area (Å²) in [6.07, 6.45) is 3.98. The van der Waals surface area contributed by atoms with Gasteiger partial charge in [-0.25, -0.2) is 4.68 Å². The van der Waals surface area contributed by atoms with Gasteiger partial charge in [-0.2, -0.15) is 5.10 Å². The third-order valence-electron chi connectivity index (χ3n) is 3.43. The van der Waals surface area contributed by atoms with E-state index in [9.17, 15) is 14.9 Å². The summed E-state index contributed by atoms with van der Waals surface area (Å²) in [5, 5.41) is 15.6. The van der Waals surface area contributed by atoms with Crippen molar-refractivity contribution in [2.75, 3.05) is 0 Å². The Balaban J connectivity index is 2.06. The topological polar surface area (TPSA) is 78.0 Å². The van der Waals surface area contributed by atoms with Crippen LogP contribution in [0.15, 0.2) is 30.5 Å². The van der Waals surface area contributed by atoms with E-state index >= 15 is 0 Å². The first kappa shape index (κ1) is 12.5. The number of hydrogen-bond acceptors (Lipinski definition) is 4. The molecule has 1 heterocycles. The molecule has 0 N–H and O–H groups in total. The highest BCUT2D eigenvalue weighted by atomic mass is 16.6. The third kappa shape index (κ3) is 2.20. The third-order valence-corrected chi connectivity index (χ3v) is 3.43. The Morgan fingerprint density at radius 3 is 2.75 bits per heavy atom. The van der Waals surface area contributed by atoms with Gasteiger partial charge in [-0.3, -0.25) is 14.9 Å². The first-order valence-electron chi connectivity index (χ1n) is 6.41. The van der Waals surface area contributed by atoms with Crippen LogP contribution in [0.2, 0.25) is 0 Å². The first-order chi connectivity index (χ1) is 9.56. The standard InChI is InChI=1S/C14H13N3O3/c1-9(18)11-4-5-13(14(8-11)17(19)20)16-7-6-12(15-16)10-2-3-10/h4-8,10H,2-3H2,1H3. The molecule has 0 radical (unpaired) electrons. The Morgan fingerprint density at radius 1 is 1.40 bits per heavy atom. The van der Waals surface area contributed by atoms with Crippen molar-refractivity contribution in [3.05, 3.63) is 51.8 Å². The van der Waals surface area contributed by atoms with Crippen LogP contribution < -0.4 is 0 Å². The van der Waals surface area contributed by atoms with Gasteiger partial charge >= 0.3 is 0 Å². The number of nitrogens with zero attached hydrogens (tertiary/aromatic N) is 3. The lowest BCUT2D eigenvalue weighted by molar-refractivity contribution is -0.384. The molecule has 20 heavy (non-hydrogen) atoms. The van der Waals surface area contributed by atoms with Crippen molar-refractivity contribution in [2.24, 2.45) is 0 Å². The number of carbonyl (C=O) groups excluding carboxylic acids is 1. The molecule has 6 heteroatoms. The second-order valence-corrected chi connectivity index (χ2v) is 4.98. The largest absolute Gasteiger partial charge is 0.295 e. The molecule has 0 saturated heterocycles. The molecule has 3 rings (SSSR count). The minimum Gasteiger partial charge on any atom is -0.295 e. The Bertz CT molecular complexity index is 701. The first-order valence-corrected chi connectivity index (χ1v) is 6.41. The Morgan fingerprint density at radius 2 is 2.15 bits per heavy atom. The molecule has 1 aliphatic carbocycles. The van der Waals surface area contributed by atoms with Crippen molar-refractivity contribution in [1.29, 1.82) is 0 Å². The molecule has 0 amide bonds. The molecule has 0 spiro atoms. The van der Waals surface area contributed by atoms with Gasteiger partial charge in [-0.05, 0) is 38.0 Å². The summed E-state index contributed by atoms with van der Waals surface area (Å²) in [6.45, 7) is 1.39. The van der Waals surface area contributed by atoms with Crippen LogP contribution in [0, 0.1) is 10.1 Å². The lowest BCUT2D eigenvalue weighted by Gasteiger charge is -2.04. The zero-order valence-electron chi connectivity index (χ0n) is 10.9. The Labute approximate surface area is 115 Å². The fraction of sp³-hybridized carbons (Fsp3) is 0.286. The number of carbonyl (C=O) groups is 1. The molecule has 102 valence electrons. The average molecular weight is 271 g/mol. The normalized spacial score (nSPS) is 14.2. The molecule has 0 aliphatic heterocycles. The molecule has 1 aromatic heterocycles. The van der Waals surface area contributed by atoms with Gasteiger partial charge in [0.2, 0.25) is 0 Å². The molecule has 0 unspecified atom stereocenters. The second-order valence-electron chi connectivity index (χ2n) is 4.98. The van der Waals surface area contributed by atoms with Crippen molar-refractivity contribution >= 4 is 11.5 Å². The van der Waals surface area contributed by atoms with Gasteiger partial charge in [-0.15, -0.1) is 0 Å². The van der Waals surface area contributed by atoms with E-state index in [4.69, 9.17) is 0 Å². The lowest BCUT2D eigenvalue weighted by atomic mass is 10.1. The number of benzene rings is 1. The quantitative estimate of drug-likeness (QED) is 0.486. The monoisotopic (exact) mass is 271 g/mol. The van der Waals surface area contributed by atoms with Gasteiger partial charge in [0.05, 0.1) is 10.6 Å². The highest BCUT2D eigenvalue weighted by molar-refractivity contribution is 5.95. The van der Waals surface area contributed by atoms with Gasteiger partial charge in [-0.1, -0.05) is 0 Å². The van der Waals surface area contributed by atoms with Gasteiger partial charge in [0, 0.05) is 23.7 Å². The number of nitro benzene ring substituents is 1. The Kier molecular flexibility index (Phi) is 2.85. The van der Waals surface area contributed by atoms with E-state index in [0.717, 1.165) is 18.5 Å². The molecule has 1 saturated carbocycles. The Hall–Kier alpha value is -2.50. The van der Waals surface area contributed by atoms with Gasteiger partial charge < -0.3 is 0 Å². The van der Waals surface area contributed by atoms with Crippen LogP contribution in [0.5, 0.6) is 0 Å². The fourth-order valence-corrected chi connectivity index (χ4v) is 2.15. The molecular weight excluding hydrogens is 258 g/mol. The highest BCUT2D eigenvalue weighted by Gasteiger charge is 2.27. The maximum atomic E-state index is 11.3. The average Bonchev–Trinajstić information content (AvgIpc) is 3.16. The van der Waals surface area contributed by atoms with Crippen molar-refractivity contribution < 1.29 is 9.72 Å². The minimum atomic E-state index is -0.486. The highest BCUT2D eigenvalue weighted by Crippen LogP contribution is 2.39. The number of rotatable bonds is 4. The molecule has 1 aliphatic rings. The van der Waals surface area contributed by atoms with Gasteiger partial charge in [0.1, 0.15) is 5.69 Å². The SMILES string of the molecule is CC(=O)c1ccc(-n2ccc(C3CC3)n2)c([N+](=O)[O-])c1. The lowest BCUT2D eigenvalue weighted by Crippen LogP contribution is -2.03. The van der Waals surface area contributed by atoms with E-state index in [2.05, 4.69) is 5.10 Å². The maximum Gasteiger partial charge on any atom is 0.295 e. The van der Waals surface area contributed by atoms with E-state index in [1.165, 1.54) is 17.7 Å². The van der Waals surface area contributed by atoms with Gasteiger partial charge in [0.15, 0.2) is 5.78 Å². The number of nitro groups is 1. The molecule has 1 fully saturated rings. The smallest absolute Gasteiger partial charge is 0.295 e. The van der Waals surface area contributed by atoms with Crippen LogP contribution >= 0.6 is 0 Å². The minimum absolute atomic E-state index is 0.108. The predicted molar refractivity (Wildman–Crippen MR) is 72.2 cm³/mol. The molecule has 2 aromatic rings. The molecule has 0 bridgehead atoms. The summed E-state index contributed by atoms with van der Waals surface area (Å²) < 4.78 is 1.51. The number of ketones is 1. The van der Waals surface area contributed by atoms with E-state index in [0.29, 0.717) is 17.2 Å². The zero-order valence-corrected chi connectivity index (χ0v) is 10.9. The van der Waals surface area contributed by atoms with E-state index in [1.807, 2.05) is 6.07 Å². The molecular formula is C14H13N3O3. The van der Waals surface area contributed by atoms with Crippen LogP contribution in [-0.4, -0.2) is 20.5 Å². The molecule has 1 aromatic carbocycles. The number of hydrogen-bond donors (Lipinski definition) is 0. The van der Waals surface area contributed by atoms with Crippen molar-refractivity contribution in [1.82, 2.24) is 9.78 Å². The van der Waals surface area contributed by atoms with Crippen LogP contribution in [0.3, 0.4) is 0 Å². The van der Waals surface area contributed by atoms with Crippen LogP contribution in [0.1, 0.15) is 41.7 Å². The number of Topliss-reactive ketones (excluding diaryl/α,β-unsaturated/α-hetero) is 1. The number of aromatic nitrogens is 2. The summed E-state index contributed by atoms with van der Waals surface area (Å²) >= 11 is 0. The second kappa shape index (κ2) is 4.56. The molecule has 6 nitrogen and oxygen atoms in total. The van der Waals surface area contributed by atoms with Crippen molar-refractivity contribution in [3.8, 4) is 5.69 Å². The predicted octanol–water partition coefficient (Wildman–Crippen LogP) is 2.86. The summed E-state index contributed by atoms with van der Waals surface area (Å²) in [7, 11) is 0. The summed E-state index contributed by atoms with van der Waals surface area (Å²) in [4.78, 5) is 22.0.